The van der Waals surface area contributed by atoms with Crippen LogP contribution < -0.4 is 0 Å². The van der Waals surface area contributed by atoms with Gasteiger partial charge in [-0.1, -0.05) is 65.0 Å². The number of carboxylic acids is 1. The van der Waals surface area contributed by atoms with Crippen LogP contribution in [0.2, 0.25) is 0 Å². The van der Waals surface area contributed by atoms with Crippen molar-refractivity contribution in [3.05, 3.63) is 23.8 Å². The summed E-state index contributed by atoms with van der Waals surface area (Å²) >= 11 is 0. The topological polar surface area (TPSA) is 37.3 Å². The van der Waals surface area contributed by atoms with Gasteiger partial charge in [0.2, 0.25) is 0 Å². The zero-order valence-corrected chi connectivity index (χ0v) is 13.0. The Kier molecular flexibility index (Phi) is 10.2. The Labute approximate surface area is 118 Å². The van der Waals surface area contributed by atoms with Gasteiger partial charge in [0.05, 0.1) is 0 Å². The van der Waals surface area contributed by atoms with E-state index in [1.165, 1.54) is 38.2 Å². The number of carboxylic acid groups (broad SMARTS) is 1. The van der Waals surface area contributed by atoms with Crippen molar-refractivity contribution in [2.75, 3.05) is 0 Å². The lowest BCUT2D eigenvalue weighted by molar-refractivity contribution is -0.131. The Morgan fingerprint density at radius 2 is 1.89 bits per heavy atom. The van der Waals surface area contributed by atoms with Crippen LogP contribution in [0.3, 0.4) is 0 Å². The molecule has 0 aliphatic carbocycles. The van der Waals surface area contributed by atoms with Crippen LogP contribution >= 0.6 is 0 Å². The Bertz CT molecular complexity index is 302. The van der Waals surface area contributed by atoms with E-state index < -0.39 is 5.97 Å². The summed E-state index contributed by atoms with van der Waals surface area (Å²) in [7, 11) is 0. The first-order valence-corrected chi connectivity index (χ1v) is 7.57. The minimum Gasteiger partial charge on any atom is -0.478 e. The molecule has 19 heavy (non-hydrogen) atoms. The van der Waals surface area contributed by atoms with Crippen LogP contribution in [0.5, 0.6) is 0 Å². The SMILES string of the molecule is CCC(C)CCCC(CC)CC=CC(C)=CC(=O)O. The molecule has 0 heterocycles. The lowest BCUT2D eigenvalue weighted by Gasteiger charge is -2.14. The predicted octanol–water partition coefficient (Wildman–Crippen LogP) is 5.21. The maximum Gasteiger partial charge on any atom is 0.328 e. The van der Waals surface area contributed by atoms with Gasteiger partial charge >= 0.3 is 5.97 Å². The molecule has 2 nitrogen and oxygen atoms in total. The van der Waals surface area contributed by atoms with Crippen LogP contribution in [0.4, 0.5) is 0 Å². The summed E-state index contributed by atoms with van der Waals surface area (Å²) in [6.07, 6.45) is 12.7. The molecule has 0 aromatic rings. The van der Waals surface area contributed by atoms with Gasteiger partial charge in [-0.2, -0.15) is 0 Å². The standard InChI is InChI=1S/C17H30O2/c1-5-14(3)9-7-11-16(6-2)12-8-10-15(4)13-17(18)19/h8,10,13-14,16H,5-7,9,11-12H2,1-4H3,(H,18,19). The molecule has 2 atom stereocenters. The molecule has 0 saturated carbocycles. The number of hydrogen-bond acceptors (Lipinski definition) is 1. The third kappa shape index (κ3) is 10.5. The van der Waals surface area contributed by atoms with E-state index in [1.54, 1.807) is 0 Å². The van der Waals surface area contributed by atoms with Gasteiger partial charge in [-0.3, -0.25) is 0 Å². The van der Waals surface area contributed by atoms with Crippen molar-refractivity contribution in [2.45, 2.75) is 66.2 Å². The Balaban J connectivity index is 3.99. The van der Waals surface area contributed by atoms with E-state index in [0.29, 0.717) is 0 Å². The molecule has 0 aromatic carbocycles. The highest BCUT2D eigenvalue weighted by Crippen LogP contribution is 2.20. The van der Waals surface area contributed by atoms with E-state index in [4.69, 9.17) is 5.11 Å². The summed E-state index contributed by atoms with van der Waals surface area (Å²) in [4.78, 5) is 10.5. The van der Waals surface area contributed by atoms with Gasteiger partial charge < -0.3 is 5.11 Å². The van der Waals surface area contributed by atoms with E-state index in [2.05, 4.69) is 26.8 Å². The van der Waals surface area contributed by atoms with E-state index in [0.717, 1.165) is 23.8 Å². The van der Waals surface area contributed by atoms with Crippen molar-refractivity contribution in [2.24, 2.45) is 11.8 Å². The molecule has 0 aliphatic rings. The molecule has 0 fully saturated rings. The molecule has 2 unspecified atom stereocenters. The van der Waals surface area contributed by atoms with E-state index in [9.17, 15) is 4.79 Å². The van der Waals surface area contributed by atoms with Crippen molar-refractivity contribution in [1.82, 2.24) is 0 Å². The van der Waals surface area contributed by atoms with E-state index in [1.807, 2.05) is 13.0 Å². The third-order valence-corrected chi connectivity index (χ3v) is 3.78. The molecular formula is C17H30O2. The second-order valence-electron chi connectivity index (χ2n) is 5.58. The van der Waals surface area contributed by atoms with E-state index >= 15 is 0 Å². The summed E-state index contributed by atoms with van der Waals surface area (Å²) in [5.41, 5.74) is 0.807. The van der Waals surface area contributed by atoms with Crippen molar-refractivity contribution in [3.63, 3.8) is 0 Å². The first-order valence-electron chi connectivity index (χ1n) is 7.57. The van der Waals surface area contributed by atoms with Gasteiger partial charge in [-0.15, -0.1) is 0 Å². The van der Waals surface area contributed by atoms with Crippen molar-refractivity contribution >= 4 is 5.97 Å². The quantitative estimate of drug-likeness (QED) is 0.435. The monoisotopic (exact) mass is 266 g/mol. The van der Waals surface area contributed by atoms with Crippen molar-refractivity contribution in [1.29, 1.82) is 0 Å². The lowest BCUT2D eigenvalue weighted by atomic mass is 9.92. The van der Waals surface area contributed by atoms with Crippen LogP contribution in [0.1, 0.15) is 66.2 Å². The van der Waals surface area contributed by atoms with Crippen molar-refractivity contribution in [3.8, 4) is 0 Å². The summed E-state index contributed by atoms with van der Waals surface area (Å²) in [5, 5.41) is 8.62. The number of allylic oxidation sites excluding steroid dienone is 3. The Hall–Kier alpha value is -1.05. The summed E-state index contributed by atoms with van der Waals surface area (Å²) < 4.78 is 0. The first kappa shape index (κ1) is 17.9. The highest BCUT2D eigenvalue weighted by molar-refractivity contribution is 5.81. The molecule has 1 N–H and O–H groups in total. The minimum atomic E-state index is -0.872. The summed E-state index contributed by atoms with van der Waals surface area (Å²) in [6.45, 7) is 8.64. The van der Waals surface area contributed by atoms with Gasteiger partial charge in [-0.25, -0.2) is 4.79 Å². The molecule has 0 aliphatic heterocycles. The molecule has 110 valence electrons. The lowest BCUT2D eigenvalue weighted by Crippen LogP contribution is -2.00. The van der Waals surface area contributed by atoms with Crippen LogP contribution in [-0.4, -0.2) is 11.1 Å². The maximum absolute atomic E-state index is 10.5. The molecular weight excluding hydrogens is 236 g/mol. The van der Waals surface area contributed by atoms with Crippen LogP contribution in [-0.2, 0) is 4.79 Å². The molecule has 0 radical (unpaired) electrons. The largest absolute Gasteiger partial charge is 0.478 e. The zero-order valence-electron chi connectivity index (χ0n) is 13.0. The number of rotatable bonds is 10. The summed E-state index contributed by atoms with van der Waals surface area (Å²) in [5.74, 6) is 0.703. The molecule has 0 rings (SSSR count). The van der Waals surface area contributed by atoms with Crippen LogP contribution in [0.25, 0.3) is 0 Å². The number of carbonyl (C=O) groups is 1. The van der Waals surface area contributed by atoms with Gasteiger partial charge in [0.15, 0.2) is 0 Å². The normalized spacial score (nSPS) is 15.7. The second kappa shape index (κ2) is 10.8. The fourth-order valence-corrected chi connectivity index (χ4v) is 2.14. The van der Waals surface area contributed by atoms with Crippen molar-refractivity contribution < 1.29 is 9.90 Å². The molecule has 0 saturated heterocycles. The van der Waals surface area contributed by atoms with Gasteiger partial charge in [0.1, 0.15) is 0 Å². The maximum atomic E-state index is 10.5. The smallest absolute Gasteiger partial charge is 0.328 e. The van der Waals surface area contributed by atoms with Gasteiger partial charge in [-0.05, 0) is 30.8 Å². The highest BCUT2D eigenvalue weighted by atomic mass is 16.4. The fraction of sp³-hybridized carbons (Fsp3) is 0.706. The molecule has 0 aromatic heterocycles. The van der Waals surface area contributed by atoms with Crippen LogP contribution in [0, 0.1) is 11.8 Å². The second-order valence-corrected chi connectivity index (χ2v) is 5.58. The average Bonchev–Trinajstić information content (AvgIpc) is 2.35. The minimum absolute atomic E-state index is 0.734. The number of hydrogen-bond donors (Lipinski definition) is 1. The highest BCUT2D eigenvalue weighted by Gasteiger charge is 2.05. The zero-order chi connectivity index (χ0) is 14.7. The third-order valence-electron chi connectivity index (χ3n) is 3.78. The molecule has 0 bridgehead atoms. The molecule has 0 spiro atoms. The molecule has 2 heteroatoms. The predicted molar refractivity (Wildman–Crippen MR) is 82.2 cm³/mol. The molecule has 0 amide bonds. The van der Waals surface area contributed by atoms with Gasteiger partial charge in [0.25, 0.3) is 0 Å². The van der Waals surface area contributed by atoms with E-state index in [-0.39, 0.29) is 0 Å². The van der Waals surface area contributed by atoms with Crippen LogP contribution in [0.15, 0.2) is 23.8 Å². The first-order chi connectivity index (χ1) is 8.99. The Morgan fingerprint density at radius 1 is 1.21 bits per heavy atom. The summed E-state index contributed by atoms with van der Waals surface area (Å²) in [6, 6.07) is 0. The fourth-order valence-electron chi connectivity index (χ4n) is 2.14. The van der Waals surface area contributed by atoms with Gasteiger partial charge in [0, 0.05) is 6.08 Å². The Morgan fingerprint density at radius 3 is 2.42 bits per heavy atom. The number of aliphatic carboxylic acids is 1. The average molecular weight is 266 g/mol.